The Labute approximate surface area is 139 Å². The molecule has 23 heavy (non-hydrogen) atoms. The highest BCUT2D eigenvalue weighted by Crippen LogP contribution is 2.32. The zero-order valence-electron chi connectivity index (χ0n) is 12.3. The third-order valence-electron chi connectivity index (χ3n) is 3.71. The molecule has 0 aliphatic carbocycles. The first-order valence-corrected chi connectivity index (χ1v) is 7.59. The molecule has 0 saturated carbocycles. The molecule has 1 amide bonds. The molecule has 0 saturated heterocycles. The second kappa shape index (κ2) is 6.63. The Hall–Kier alpha value is -2.65. The van der Waals surface area contributed by atoms with Gasteiger partial charge in [0.1, 0.15) is 5.69 Å². The van der Waals surface area contributed by atoms with Crippen molar-refractivity contribution in [2.24, 2.45) is 5.73 Å². The minimum atomic E-state index is -0.533. The van der Waals surface area contributed by atoms with Gasteiger partial charge in [0, 0.05) is 17.1 Å². The Morgan fingerprint density at radius 2 is 1.57 bits per heavy atom. The van der Waals surface area contributed by atoms with E-state index in [1.54, 1.807) is 12.3 Å². The smallest absolute Gasteiger partial charge is 0.267 e. The molecule has 4 heteroatoms. The Morgan fingerprint density at radius 1 is 0.913 bits per heavy atom. The van der Waals surface area contributed by atoms with Gasteiger partial charge in [-0.2, -0.15) is 0 Å². The number of amides is 1. The van der Waals surface area contributed by atoms with Gasteiger partial charge >= 0.3 is 0 Å². The molecule has 0 radical (unpaired) electrons. The number of hydrogen-bond acceptors (Lipinski definition) is 2. The molecular weight excluding hydrogens is 308 g/mol. The number of nitrogens with two attached hydrogens (primary N) is 1. The van der Waals surface area contributed by atoms with Crippen LogP contribution in [0.1, 0.15) is 33.1 Å². The number of aromatic nitrogens is 1. The van der Waals surface area contributed by atoms with Crippen LogP contribution in [0.3, 0.4) is 0 Å². The second-order valence-electron chi connectivity index (χ2n) is 5.23. The van der Waals surface area contributed by atoms with Crippen LogP contribution < -0.4 is 5.73 Å². The van der Waals surface area contributed by atoms with E-state index in [4.69, 9.17) is 17.3 Å². The zero-order chi connectivity index (χ0) is 16.2. The van der Waals surface area contributed by atoms with E-state index in [-0.39, 0.29) is 11.6 Å². The molecule has 1 unspecified atom stereocenters. The van der Waals surface area contributed by atoms with E-state index in [0.717, 1.165) is 16.7 Å². The Bertz CT molecular complexity index is 816. The maximum Gasteiger partial charge on any atom is 0.267 e. The molecule has 1 aromatic heterocycles. The van der Waals surface area contributed by atoms with Crippen molar-refractivity contribution in [1.82, 2.24) is 4.98 Å². The van der Waals surface area contributed by atoms with Crippen molar-refractivity contribution in [2.75, 3.05) is 0 Å². The molecule has 0 bridgehead atoms. The van der Waals surface area contributed by atoms with Gasteiger partial charge in [0.25, 0.3) is 5.91 Å². The summed E-state index contributed by atoms with van der Waals surface area (Å²) in [6.45, 7) is 0. The number of primary amides is 1. The lowest BCUT2D eigenvalue weighted by atomic mass is 9.85. The standard InChI is InChI=1S/C19H15ClN2O/c20-16-8-6-14(7-9-16)18(13-4-2-1-3-5-13)15-10-11-22-17(12-15)19(21)23/h1-12,18H,(H2,21,23). The van der Waals surface area contributed by atoms with E-state index in [0.29, 0.717) is 5.02 Å². The van der Waals surface area contributed by atoms with Gasteiger partial charge in [-0.15, -0.1) is 0 Å². The summed E-state index contributed by atoms with van der Waals surface area (Å²) in [5, 5.41) is 0.688. The predicted octanol–water partition coefficient (Wildman–Crippen LogP) is 4.01. The Morgan fingerprint density at radius 3 is 2.22 bits per heavy atom. The SMILES string of the molecule is NC(=O)c1cc(C(c2ccccc2)c2ccc(Cl)cc2)ccn1. The topological polar surface area (TPSA) is 56.0 Å². The number of halogens is 1. The number of carbonyl (C=O) groups is 1. The number of hydrogen-bond donors (Lipinski definition) is 1. The third kappa shape index (κ3) is 3.41. The number of rotatable bonds is 4. The van der Waals surface area contributed by atoms with Gasteiger partial charge < -0.3 is 5.73 Å². The van der Waals surface area contributed by atoms with Gasteiger partial charge in [-0.25, -0.2) is 0 Å². The van der Waals surface area contributed by atoms with Crippen LogP contribution >= 0.6 is 11.6 Å². The van der Waals surface area contributed by atoms with E-state index in [2.05, 4.69) is 17.1 Å². The normalized spacial score (nSPS) is 11.9. The highest BCUT2D eigenvalue weighted by Gasteiger charge is 2.18. The van der Waals surface area contributed by atoms with Crippen molar-refractivity contribution in [1.29, 1.82) is 0 Å². The van der Waals surface area contributed by atoms with Crippen LogP contribution in [-0.2, 0) is 0 Å². The zero-order valence-corrected chi connectivity index (χ0v) is 13.1. The van der Waals surface area contributed by atoms with E-state index < -0.39 is 5.91 Å². The monoisotopic (exact) mass is 322 g/mol. The molecule has 114 valence electrons. The molecule has 3 nitrogen and oxygen atoms in total. The first-order valence-electron chi connectivity index (χ1n) is 7.21. The lowest BCUT2D eigenvalue weighted by Gasteiger charge is -2.19. The molecule has 1 heterocycles. The van der Waals surface area contributed by atoms with E-state index in [9.17, 15) is 4.79 Å². The van der Waals surface area contributed by atoms with Crippen molar-refractivity contribution < 1.29 is 4.79 Å². The summed E-state index contributed by atoms with van der Waals surface area (Å²) in [5.74, 6) is -0.552. The van der Waals surface area contributed by atoms with Crippen molar-refractivity contribution >= 4 is 17.5 Å². The van der Waals surface area contributed by atoms with E-state index in [1.807, 2.05) is 48.5 Å². The average molecular weight is 323 g/mol. The van der Waals surface area contributed by atoms with Gasteiger partial charge in [0.2, 0.25) is 0 Å². The van der Waals surface area contributed by atoms with E-state index >= 15 is 0 Å². The first kappa shape index (κ1) is 15.3. The van der Waals surface area contributed by atoms with Crippen molar-refractivity contribution in [3.05, 3.63) is 100 Å². The number of nitrogens with zero attached hydrogens (tertiary/aromatic N) is 1. The van der Waals surface area contributed by atoms with E-state index in [1.165, 1.54) is 0 Å². The summed E-state index contributed by atoms with van der Waals surface area (Å²) in [7, 11) is 0. The van der Waals surface area contributed by atoms with Gasteiger partial charge in [-0.05, 0) is 41.0 Å². The minimum Gasteiger partial charge on any atom is -0.364 e. The predicted molar refractivity (Wildman–Crippen MR) is 91.6 cm³/mol. The first-order chi connectivity index (χ1) is 11.1. The van der Waals surface area contributed by atoms with Crippen molar-refractivity contribution in [2.45, 2.75) is 5.92 Å². The molecule has 2 aromatic carbocycles. The fraction of sp³-hybridized carbons (Fsp3) is 0.0526. The number of pyridine rings is 1. The Kier molecular flexibility index (Phi) is 4.40. The summed E-state index contributed by atoms with van der Waals surface area (Å²) in [6.07, 6.45) is 1.61. The quantitative estimate of drug-likeness (QED) is 0.789. The van der Waals surface area contributed by atoms with Gasteiger partial charge in [0.15, 0.2) is 0 Å². The molecule has 1 atom stereocenters. The molecule has 0 aliphatic rings. The summed E-state index contributed by atoms with van der Waals surface area (Å²) in [4.78, 5) is 15.5. The fourth-order valence-electron chi connectivity index (χ4n) is 2.64. The summed E-state index contributed by atoms with van der Waals surface area (Å²) < 4.78 is 0. The highest BCUT2D eigenvalue weighted by molar-refractivity contribution is 6.30. The van der Waals surface area contributed by atoms with Crippen molar-refractivity contribution in [3.8, 4) is 0 Å². The second-order valence-corrected chi connectivity index (χ2v) is 5.67. The van der Waals surface area contributed by atoms with Crippen molar-refractivity contribution in [3.63, 3.8) is 0 Å². The van der Waals surface area contributed by atoms with Gasteiger partial charge in [0.05, 0.1) is 0 Å². The molecule has 3 rings (SSSR count). The average Bonchev–Trinajstić information content (AvgIpc) is 2.58. The van der Waals surface area contributed by atoms with Gasteiger partial charge in [-0.1, -0.05) is 54.1 Å². The number of carbonyl (C=O) groups excluding carboxylic acids is 1. The molecule has 0 spiro atoms. The largest absolute Gasteiger partial charge is 0.364 e. The third-order valence-corrected chi connectivity index (χ3v) is 3.96. The van der Waals surface area contributed by atoms with Crippen LogP contribution in [0.5, 0.6) is 0 Å². The van der Waals surface area contributed by atoms with Gasteiger partial charge in [-0.3, -0.25) is 9.78 Å². The summed E-state index contributed by atoms with van der Waals surface area (Å²) >= 11 is 6.00. The van der Waals surface area contributed by atoms with Crippen LogP contribution in [0.2, 0.25) is 5.02 Å². The maximum absolute atomic E-state index is 11.4. The van der Waals surface area contributed by atoms with Crippen LogP contribution in [0.25, 0.3) is 0 Å². The van der Waals surface area contributed by atoms with Crippen LogP contribution in [0.15, 0.2) is 72.9 Å². The van der Waals surface area contributed by atoms with Crippen LogP contribution in [0, 0.1) is 0 Å². The lowest BCUT2D eigenvalue weighted by molar-refractivity contribution is 0.0995. The number of benzene rings is 2. The fourth-order valence-corrected chi connectivity index (χ4v) is 2.77. The highest BCUT2D eigenvalue weighted by atomic mass is 35.5. The Balaban J connectivity index is 2.14. The maximum atomic E-state index is 11.4. The summed E-state index contributed by atoms with van der Waals surface area (Å²) in [6, 6.07) is 21.4. The lowest BCUT2D eigenvalue weighted by Crippen LogP contribution is -2.14. The molecule has 0 fully saturated rings. The molecular formula is C19H15ClN2O. The minimum absolute atomic E-state index is 0.0189. The summed E-state index contributed by atoms with van der Waals surface area (Å²) in [5.41, 5.74) is 8.79. The van der Waals surface area contributed by atoms with Crippen LogP contribution in [-0.4, -0.2) is 10.9 Å². The molecule has 3 aromatic rings. The molecule has 0 aliphatic heterocycles. The van der Waals surface area contributed by atoms with Crippen LogP contribution in [0.4, 0.5) is 0 Å². The molecule has 2 N–H and O–H groups in total.